The van der Waals surface area contributed by atoms with E-state index >= 15 is 0 Å². The number of nitrogens with zero attached hydrogens (tertiary/aromatic N) is 2. The van der Waals surface area contributed by atoms with Gasteiger partial charge < -0.3 is 5.32 Å². The molecule has 1 heterocycles. The van der Waals surface area contributed by atoms with E-state index < -0.39 is 0 Å². The molecule has 0 atom stereocenters. The summed E-state index contributed by atoms with van der Waals surface area (Å²) in [4.78, 5) is 19.5. The van der Waals surface area contributed by atoms with Crippen LogP contribution in [0.5, 0.6) is 0 Å². The van der Waals surface area contributed by atoms with E-state index in [-0.39, 0.29) is 6.03 Å². The monoisotopic (exact) mass is 306 g/mol. The lowest BCUT2D eigenvalue weighted by molar-refractivity contribution is 0.262. The summed E-state index contributed by atoms with van der Waals surface area (Å²) in [5.41, 5.74) is 1.81. The molecule has 0 aliphatic carbocycles. The minimum absolute atomic E-state index is 0.355. The van der Waals surface area contributed by atoms with E-state index in [4.69, 9.17) is 0 Å². The maximum absolute atomic E-state index is 11.7. The molecule has 92 valence electrons. The summed E-state index contributed by atoms with van der Waals surface area (Å²) >= 11 is 3.41. The molecule has 6 heteroatoms. The van der Waals surface area contributed by atoms with Crippen molar-refractivity contribution < 1.29 is 4.79 Å². The molecule has 0 fully saturated rings. The Balaban J connectivity index is 2.01. The zero-order chi connectivity index (χ0) is 13.0. The number of carbonyl (C=O) groups excluding carboxylic acids is 1. The molecule has 0 aliphatic heterocycles. The van der Waals surface area contributed by atoms with E-state index in [0.717, 1.165) is 10.0 Å². The number of halogens is 1. The highest BCUT2D eigenvalue weighted by atomic mass is 79.9. The standard InChI is InChI=1S/C12H11BrN4O/c1-8-2-3-9(6-10(8)13)16-12(18)17-11-7-14-4-5-15-11/h2-7H,1H3,(H2,15,16,17,18). The first kappa shape index (κ1) is 12.5. The molecule has 0 radical (unpaired) electrons. The maximum atomic E-state index is 11.7. The van der Waals surface area contributed by atoms with Crippen LogP contribution in [0.15, 0.2) is 41.3 Å². The molecule has 5 nitrogen and oxygen atoms in total. The van der Waals surface area contributed by atoms with Crippen molar-refractivity contribution in [3.63, 3.8) is 0 Å². The molecular formula is C12H11BrN4O. The molecule has 1 aromatic carbocycles. The normalized spacial score (nSPS) is 9.89. The lowest BCUT2D eigenvalue weighted by atomic mass is 10.2. The van der Waals surface area contributed by atoms with Gasteiger partial charge in [-0.15, -0.1) is 0 Å². The second kappa shape index (κ2) is 5.59. The van der Waals surface area contributed by atoms with Gasteiger partial charge in [-0.2, -0.15) is 0 Å². The zero-order valence-corrected chi connectivity index (χ0v) is 11.2. The number of amides is 2. The number of carbonyl (C=O) groups is 1. The Morgan fingerprint density at radius 3 is 2.78 bits per heavy atom. The Morgan fingerprint density at radius 2 is 2.11 bits per heavy atom. The first-order valence-electron chi connectivity index (χ1n) is 5.25. The number of hydrogen-bond acceptors (Lipinski definition) is 3. The Labute approximate surface area is 113 Å². The molecule has 0 aliphatic rings. The Hall–Kier alpha value is -1.95. The Kier molecular flexibility index (Phi) is 3.88. The first-order valence-corrected chi connectivity index (χ1v) is 6.04. The van der Waals surface area contributed by atoms with E-state index in [1.807, 2.05) is 25.1 Å². The van der Waals surface area contributed by atoms with Crippen molar-refractivity contribution in [3.8, 4) is 0 Å². The van der Waals surface area contributed by atoms with Gasteiger partial charge in [-0.3, -0.25) is 10.3 Å². The van der Waals surface area contributed by atoms with E-state index in [1.165, 1.54) is 12.4 Å². The summed E-state index contributed by atoms with van der Waals surface area (Å²) < 4.78 is 0.944. The fourth-order valence-electron chi connectivity index (χ4n) is 1.31. The van der Waals surface area contributed by atoms with Crippen LogP contribution < -0.4 is 10.6 Å². The summed E-state index contributed by atoms with van der Waals surface area (Å²) in [5.74, 6) is 0.404. The number of hydrogen-bond donors (Lipinski definition) is 2. The van der Waals surface area contributed by atoms with Crippen molar-refractivity contribution in [2.45, 2.75) is 6.92 Å². The van der Waals surface area contributed by atoms with Gasteiger partial charge in [0.05, 0.1) is 6.20 Å². The SMILES string of the molecule is Cc1ccc(NC(=O)Nc2cnccn2)cc1Br. The average Bonchev–Trinajstić information content (AvgIpc) is 2.35. The topological polar surface area (TPSA) is 66.9 Å². The van der Waals surface area contributed by atoms with Crippen molar-refractivity contribution in [2.75, 3.05) is 10.6 Å². The summed E-state index contributed by atoms with van der Waals surface area (Å²) in [6.45, 7) is 1.98. The predicted molar refractivity (Wildman–Crippen MR) is 73.6 cm³/mol. The first-order chi connectivity index (χ1) is 8.65. The Morgan fingerprint density at radius 1 is 1.28 bits per heavy atom. The summed E-state index contributed by atoms with van der Waals surface area (Å²) in [6.07, 6.45) is 4.53. The molecular weight excluding hydrogens is 296 g/mol. The lowest BCUT2D eigenvalue weighted by Crippen LogP contribution is -2.20. The summed E-state index contributed by atoms with van der Waals surface area (Å²) in [5, 5.41) is 5.30. The molecule has 1 aromatic heterocycles. The van der Waals surface area contributed by atoms with Gasteiger partial charge >= 0.3 is 6.03 Å². The third kappa shape index (κ3) is 3.27. The van der Waals surface area contributed by atoms with Gasteiger partial charge in [0.2, 0.25) is 0 Å². The van der Waals surface area contributed by atoms with Gasteiger partial charge in [0, 0.05) is 22.6 Å². The van der Waals surface area contributed by atoms with Crippen LogP contribution in [0.2, 0.25) is 0 Å². The molecule has 0 spiro atoms. The summed E-state index contributed by atoms with van der Waals surface area (Å²) in [7, 11) is 0. The molecule has 0 saturated heterocycles. The van der Waals surface area contributed by atoms with Crippen molar-refractivity contribution >= 4 is 33.5 Å². The van der Waals surface area contributed by atoms with Crippen LogP contribution >= 0.6 is 15.9 Å². The smallest absolute Gasteiger partial charge is 0.308 e. The van der Waals surface area contributed by atoms with E-state index in [9.17, 15) is 4.79 Å². The van der Waals surface area contributed by atoms with Gasteiger partial charge in [0.15, 0.2) is 5.82 Å². The van der Waals surface area contributed by atoms with Crippen molar-refractivity contribution in [1.29, 1.82) is 0 Å². The van der Waals surface area contributed by atoms with Crippen molar-refractivity contribution in [2.24, 2.45) is 0 Å². The lowest BCUT2D eigenvalue weighted by Gasteiger charge is -2.07. The van der Waals surface area contributed by atoms with E-state index in [0.29, 0.717) is 11.5 Å². The second-order valence-electron chi connectivity index (χ2n) is 3.63. The maximum Gasteiger partial charge on any atom is 0.324 e. The quantitative estimate of drug-likeness (QED) is 0.895. The molecule has 18 heavy (non-hydrogen) atoms. The Bertz CT molecular complexity index is 559. The number of nitrogens with one attached hydrogen (secondary N) is 2. The molecule has 0 saturated carbocycles. The third-order valence-electron chi connectivity index (χ3n) is 2.23. The predicted octanol–water partition coefficient (Wildman–Crippen LogP) is 3.19. The molecule has 2 N–H and O–H groups in total. The number of urea groups is 1. The van der Waals surface area contributed by atoms with E-state index in [2.05, 4.69) is 36.5 Å². The number of anilines is 2. The van der Waals surface area contributed by atoms with Crippen LogP contribution in [0.3, 0.4) is 0 Å². The van der Waals surface area contributed by atoms with Crippen LogP contribution in [0.4, 0.5) is 16.3 Å². The van der Waals surface area contributed by atoms with Gasteiger partial charge in [-0.05, 0) is 24.6 Å². The van der Waals surface area contributed by atoms with Gasteiger partial charge in [0.25, 0.3) is 0 Å². The van der Waals surface area contributed by atoms with Crippen LogP contribution in [0.25, 0.3) is 0 Å². The molecule has 0 unspecified atom stereocenters. The zero-order valence-electron chi connectivity index (χ0n) is 9.64. The summed E-state index contributed by atoms with van der Waals surface area (Å²) in [6, 6.07) is 5.23. The van der Waals surface area contributed by atoms with Crippen LogP contribution in [-0.2, 0) is 0 Å². The number of aromatic nitrogens is 2. The van der Waals surface area contributed by atoms with Gasteiger partial charge in [0.1, 0.15) is 0 Å². The highest BCUT2D eigenvalue weighted by Gasteiger charge is 2.04. The highest BCUT2D eigenvalue weighted by Crippen LogP contribution is 2.20. The number of aryl methyl sites for hydroxylation is 1. The number of benzene rings is 1. The van der Waals surface area contributed by atoms with Gasteiger partial charge in [-0.1, -0.05) is 22.0 Å². The number of rotatable bonds is 2. The average molecular weight is 307 g/mol. The van der Waals surface area contributed by atoms with Gasteiger partial charge in [-0.25, -0.2) is 9.78 Å². The van der Waals surface area contributed by atoms with Crippen LogP contribution in [0.1, 0.15) is 5.56 Å². The van der Waals surface area contributed by atoms with Crippen molar-refractivity contribution in [3.05, 3.63) is 46.8 Å². The minimum Gasteiger partial charge on any atom is -0.308 e. The van der Waals surface area contributed by atoms with E-state index in [1.54, 1.807) is 6.20 Å². The molecule has 0 bridgehead atoms. The van der Waals surface area contributed by atoms with Crippen molar-refractivity contribution in [1.82, 2.24) is 9.97 Å². The second-order valence-corrected chi connectivity index (χ2v) is 4.49. The molecule has 2 aromatic rings. The molecule has 2 rings (SSSR count). The fraction of sp³-hybridized carbons (Fsp3) is 0.0833. The fourth-order valence-corrected chi connectivity index (χ4v) is 1.69. The molecule has 2 amide bonds. The van der Waals surface area contributed by atoms with Crippen LogP contribution in [-0.4, -0.2) is 16.0 Å². The highest BCUT2D eigenvalue weighted by molar-refractivity contribution is 9.10. The third-order valence-corrected chi connectivity index (χ3v) is 3.09. The largest absolute Gasteiger partial charge is 0.324 e. The van der Waals surface area contributed by atoms with Crippen LogP contribution in [0, 0.1) is 6.92 Å². The minimum atomic E-state index is -0.355.